The zero-order valence-corrected chi connectivity index (χ0v) is 5.07. The Morgan fingerprint density at radius 1 is 1.75 bits per heavy atom. The summed E-state index contributed by atoms with van der Waals surface area (Å²) in [5.41, 5.74) is 0. The second-order valence-electron chi connectivity index (χ2n) is 0.224. The molecular formula is CHK2N. The summed E-state index contributed by atoms with van der Waals surface area (Å²) in [4.78, 5) is 0. The molecule has 0 aliphatic heterocycles. The zero-order valence-electron chi connectivity index (χ0n) is 1.95. The third-order valence-corrected chi connectivity index (χ3v) is 0. The van der Waals surface area contributed by atoms with E-state index in [1.165, 1.54) is 0 Å². The summed E-state index contributed by atoms with van der Waals surface area (Å²) in [6.45, 7) is 0. The van der Waals surface area contributed by atoms with E-state index < -0.39 is 0 Å². The van der Waals surface area contributed by atoms with E-state index in [1.807, 2.05) is 0.164 Å². The van der Waals surface area contributed by atoms with Crippen LogP contribution >= 0.6 is 0 Å². The molecule has 0 N–H and O–H groups in total. The van der Waals surface area contributed by atoms with Gasteiger partial charge >= 0.3 is 106 Å². The van der Waals surface area contributed by atoms with Crippen molar-refractivity contribution < 1.29 is 0 Å². The molecule has 0 bridgehead atoms. The summed E-state index contributed by atoms with van der Waals surface area (Å²) in [6.07, 6.45) is 0. The van der Waals surface area contributed by atoms with Crippen molar-refractivity contribution in [1.82, 2.24) is 0 Å². The molecule has 0 amide bonds. The zero-order chi connectivity index (χ0) is 2.71. The van der Waals surface area contributed by atoms with E-state index in [4.69, 9.17) is 5.26 Å². The molecule has 0 spiro atoms. The maximum absolute atomic E-state index is 7.40. The van der Waals surface area contributed by atoms with E-state index in [9.17, 15) is 0 Å². The van der Waals surface area contributed by atoms with Crippen molar-refractivity contribution in [2.75, 3.05) is 0 Å². The van der Waals surface area contributed by atoms with Crippen LogP contribution in [0.15, 0.2) is 0 Å². The second kappa shape index (κ2) is 9.23. The molecule has 0 saturated heterocycles. The van der Waals surface area contributed by atoms with Crippen molar-refractivity contribution in [1.29, 1.82) is 5.26 Å². The first-order chi connectivity index (χ1) is 1.41. The molecule has 0 aromatic carbocycles. The minimum atomic E-state index is 0. The fourth-order valence-corrected chi connectivity index (χ4v) is 0. The Hall–Kier alpha value is 2.76. The van der Waals surface area contributed by atoms with Crippen molar-refractivity contribution in [3.63, 3.8) is 0 Å². The van der Waals surface area contributed by atoms with Crippen LogP contribution in [-0.2, 0) is 0 Å². The van der Waals surface area contributed by atoms with E-state index in [1.54, 1.807) is 0 Å². The average Bonchev–Trinajstić information content (AvgIpc) is 0.918. The molecule has 0 aliphatic rings. The maximum atomic E-state index is 7.40. The van der Waals surface area contributed by atoms with Crippen molar-refractivity contribution in [3.05, 3.63) is 0 Å². The predicted molar refractivity (Wildman–Crippen MR) is 18.5 cm³/mol. The quantitative estimate of drug-likeness (QED) is 0.362. The number of hydrogen-bond acceptors (Lipinski definition) is 1. The van der Waals surface area contributed by atoms with Crippen LogP contribution in [-0.4, -0.2) is 100 Å². The summed E-state index contributed by atoms with van der Waals surface area (Å²) < 4.78 is 1.94. The van der Waals surface area contributed by atoms with Crippen molar-refractivity contribution in [3.8, 4) is 0.164 Å². The third kappa shape index (κ3) is 8.83. The molecule has 0 rings (SSSR count). The summed E-state index contributed by atoms with van der Waals surface area (Å²) in [5, 5.41) is 7.40. The molecule has 12 valence electrons. The molecule has 3 heteroatoms. The summed E-state index contributed by atoms with van der Waals surface area (Å²) in [5.74, 6) is 0. The molecule has 0 aromatic heterocycles. The Bertz CT molecular complexity index is 27.5. The van der Waals surface area contributed by atoms with Gasteiger partial charge in [0.05, 0.1) is 0 Å². The van der Waals surface area contributed by atoms with Crippen molar-refractivity contribution >= 4 is 100 Å². The number of nitrogens with zero attached hydrogens (tertiary/aromatic N) is 1. The summed E-state index contributed by atoms with van der Waals surface area (Å²) in [6, 6.07) is 0. The molecule has 0 heterocycles. The number of rotatable bonds is 0. The van der Waals surface area contributed by atoms with Crippen LogP contribution in [0.5, 0.6) is 0 Å². The van der Waals surface area contributed by atoms with Crippen LogP contribution in [0.3, 0.4) is 0 Å². The fourth-order valence-electron chi connectivity index (χ4n) is 0. The molecule has 0 atom stereocenters. The molecule has 0 aliphatic carbocycles. The van der Waals surface area contributed by atoms with Gasteiger partial charge in [0.1, 0.15) is 0 Å². The molecule has 0 saturated carbocycles. The van der Waals surface area contributed by atoms with Gasteiger partial charge in [-0.2, -0.15) is 0 Å². The monoisotopic (exact) mass is 105 g/mol. The standard InChI is InChI=1S/CN.2K.H/c1-2;;;. The van der Waals surface area contributed by atoms with Crippen LogP contribution < -0.4 is 0 Å². The molecule has 4 heavy (non-hydrogen) atoms. The van der Waals surface area contributed by atoms with Gasteiger partial charge in [0.15, 0.2) is 0 Å². The van der Waals surface area contributed by atoms with Gasteiger partial charge in [-0.15, -0.1) is 0 Å². The molecule has 0 fully saturated rings. The van der Waals surface area contributed by atoms with Gasteiger partial charge in [-0.1, -0.05) is 0 Å². The predicted octanol–water partition coefficient (Wildman–Crippen LogP) is -1.01. The summed E-state index contributed by atoms with van der Waals surface area (Å²) >= 11 is 0.410. The van der Waals surface area contributed by atoms with E-state index in [0.29, 0.717) is 49.0 Å². The fraction of sp³-hybridized carbons (Fsp3) is 0. The topological polar surface area (TPSA) is 23.8 Å². The van der Waals surface area contributed by atoms with E-state index in [-0.39, 0.29) is 51.4 Å². The van der Waals surface area contributed by atoms with Crippen LogP contribution in [0.1, 0.15) is 0 Å². The van der Waals surface area contributed by atoms with Gasteiger partial charge in [-0.25, -0.2) is 0 Å². The third-order valence-electron chi connectivity index (χ3n) is 0. The van der Waals surface area contributed by atoms with E-state index >= 15 is 0 Å². The molecule has 0 aromatic rings. The van der Waals surface area contributed by atoms with Gasteiger partial charge in [0, 0.05) is 0 Å². The first-order valence-corrected chi connectivity index (χ1v) is 2.29. The molecule has 0 unspecified atom stereocenters. The Balaban J connectivity index is 0. The van der Waals surface area contributed by atoms with Gasteiger partial charge < -0.3 is 0 Å². The van der Waals surface area contributed by atoms with Gasteiger partial charge in [-0.05, 0) is 0 Å². The van der Waals surface area contributed by atoms with Crippen LogP contribution in [0.2, 0.25) is 0 Å². The van der Waals surface area contributed by atoms with Crippen LogP contribution in [0, 0.1) is 5.43 Å². The number of nitriles is 1. The average molecular weight is 105 g/mol. The molecule has 0 radical (unpaired) electrons. The molecule has 1 nitrogen and oxygen atoms in total. The first kappa shape index (κ1) is 9.90. The van der Waals surface area contributed by atoms with E-state index in [2.05, 4.69) is 0 Å². The Kier molecular flexibility index (Phi) is 22.9. The van der Waals surface area contributed by atoms with E-state index in [0.717, 1.165) is 0 Å². The van der Waals surface area contributed by atoms with Crippen LogP contribution in [0.4, 0.5) is 0 Å². The van der Waals surface area contributed by atoms with Gasteiger partial charge in [0.25, 0.3) is 0 Å². The van der Waals surface area contributed by atoms with Crippen molar-refractivity contribution in [2.24, 2.45) is 0 Å². The normalized spacial score (nSPS) is 2.25. The van der Waals surface area contributed by atoms with Crippen molar-refractivity contribution in [2.45, 2.75) is 0 Å². The minimum absolute atomic E-state index is 0. The summed E-state index contributed by atoms with van der Waals surface area (Å²) in [7, 11) is 0. The second-order valence-corrected chi connectivity index (χ2v) is 0.922. The Morgan fingerprint density at radius 3 is 1.75 bits per heavy atom. The van der Waals surface area contributed by atoms with Crippen LogP contribution in [0.25, 0.3) is 0 Å². The van der Waals surface area contributed by atoms with Gasteiger partial charge in [-0.3, -0.25) is 0 Å². The Labute approximate surface area is 102 Å². The SMILES string of the molecule is N#[C][K].[KH]. The molecular weight excluding hydrogens is 104 g/mol. The number of hydrogen-bond donors (Lipinski definition) is 0. The first-order valence-electron chi connectivity index (χ1n) is 0.724. The van der Waals surface area contributed by atoms with Gasteiger partial charge in [0.2, 0.25) is 0 Å². The Morgan fingerprint density at radius 2 is 1.75 bits per heavy atom.